The topological polar surface area (TPSA) is 93.7 Å². The molecular weight excluding hydrogens is 230 g/mol. The minimum atomic E-state index is 0.618. The lowest BCUT2D eigenvalue weighted by atomic mass is 10.4. The van der Waals surface area contributed by atoms with E-state index in [1.54, 1.807) is 18.6 Å². The van der Waals surface area contributed by atoms with Gasteiger partial charge in [-0.3, -0.25) is 0 Å². The Hall–Kier alpha value is -2.15. The van der Waals surface area contributed by atoms with Crippen LogP contribution >= 0.6 is 0 Å². The van der Waals surface area contributed by atoms with Gasteiger partial charge >= 0.3 is 0 Å². The molecule has 7 nitrogen and oxygen atoms in total. The molecule has 0 aliphatic heterocycles. The van der Waals surface area contributed by atoms with Crippen LogP contribution in [0.5, 0.6) is 0 Å². The lowest BCUT2D eigenvalue weighted by Gasteiger charge is -2.09. The van der Waals surface area contributed by atoms with E-state index in [1.165, 1.54) is 0 Å². The molecule has 0 fully saturated rings. The molecule has 0 aliphatic carbocycles. The van der Waals surface area contributed by atoms with E-state index in [0.29, 0.717) is 5.82 Å². The Morgan fingerprint density at radius 2 is 2.17 bits per heavy atom. The van der Waals surface area contributed by atoms with Gasteiger partial charge in [0.05, 0.1) is 6.33 Å². The Kier molecular flexibility index (Phi) is 4.08. The van der Waals surface area contributed by atoms with E-state index in [0.717, 1.165) is 31.2 Å². The normalized spacial score (nSPS) is 10.3. The number of nitrogen functional groups attached to an aromatic ring is 1. The van der Waals surface area contributed by atoms with E-state index in [-0.39, 0.29) is 0 Å². The van der Waals surface area contributed by atoms with Crippen molar-refractivity contribution in [3.05, 3.63) is 30.6 Å². The second-order valence-corrected chi connectivity index (χ2v) is 3.78. The van der Waals surface area contributed by atoms with Crippen molar-refractivity contribution in [3.63, 3.8) is 0 Å². The predicted molar refractivity (Wildman–Crippen MR) is 69.9 cm³/mol. The summed E-state index contributed by atoms with van der Waals surface area (Å²) in [5, 5.41) is 3.24. The molecule has 0 aliphatic rings. The van der Waals surface area contributed by atoms with Gasteiger partial charge in [0.2, 0.25) is 0 Å². The first-order valence-electron chi connectivity index (χ1n) is 5.86. The number of imidazole rings is 1. The Balaban J connectivity index is 1.95. The molecule has 2 aromatic rings. The molecule has 0 spiro atoms. The summed E-state index contributed by atoms with van der Waals surface area (Å²) in [6, 6.07) is 1.78. The summed E-state index contributed by atoms with van der Waals surface area (Å²) in [4.78, 5) is 12.6. The van der Waals surface area contributed by atoms with Gasteiger partial charge in [0.15, 0.2) is 0 Å². The maximum Gasteiger partial charge on any atom is 0.145 e. The molecule has 96 valence electrons. The zero-order valence-corrected chi connectivity index (χ0v) is 10.3. The molecule has 18 heavy (non-hydrogen) atoms. The number of anilines is 2. The van der Waals surface area contributed by atoms with Crippen LogP contribution in [0, 0.1) is 0 Å². The molecule has 0 saturated heterocycles. The van der Waals surface area contributed by atoms with Crippen molar-refractivity contribution in [1.29, 1.82) is 0 Å². The van der Waals surface area contributed by atoms with Gasteiger partial charge in [-0.1, -0.05) is 6.92 Å². The minimum absolute atomic E-state index is 0.618. The third-order valence-corrected chi connectivity index (χ3v) is 2.47. The fraction of sp³-hybridized carbons (Fsp3) is 0.364. The molecule has 2 rings (SSSR count). The molecule has 0 unspecified atom stereocenters. The van der Waals surface area contributed by atoms with Crippen LogP contribution in [0.3, 0.4) is 0 Å². The van der Waals surface area contributed by atoms with Crippen molar-refractivity contribution in [3.8, 4) is 0 Å². The van der Waals surface area contributed by atoms with Gasteiger partial charge in [-0.05, 0) is 0 Å². The number of rotatable bonds is 6. The number of nitrogens with one attached hydrogen (secondary N) is 2. The number of hydrazine groups is 1. The van der Waals surface area contributed by atoms with Crippen LogP contribution in [0.4, 0.5) is 11.6 Å². The van der Waals surface area contributed by atoms with Crippen LogP contribution in [0.1, 0.15) is 12.7 Å². The van der Waals surface area contributed by atoms with E-state index < -0.39 is 0 Å². The van der Waals surface area contributed by atoms with Gasteiger partial charge in [-0.15, -0.1) is 0 Å². The predicted octanol–water partition coefficient (Wildman–Crippen LogP) is 0.633. The van der Waals surface area contributed by atoms with E-state index in [4.69, 9.17) is 5.84 Å². The van der Waals surface area contributed by atoms with E-state index in [2.05, 4.69) is 25.7 Å². The highest BCUT2D eigenvalue weighted by Gasteiger charge is 2.02. The first-order valence-corrected chi connectivity index (χ1v) is 5.86. The zero-order valence-electron chi connectivity index (χ0n) is 10.3. The minimum Gasteiger partial charge on any atom is -0.368 e. The maximum atomic E-state index is 5.37. The first kappa shape index (κ1) is 12.3. The van der Waals surface area contributed by atoms with Crippen molar-refractivity contribution in [1.82, 2.24) is 19.5 Å². The second-order valence-electron chi connectivity index (χ2n) is 3.78. The first-order chi connectivity index (χ1) is 8.81. The summed E-state index contributed by atoms with van der Waals surface area (Å²) in [6.07, 6.45) is 6.24. The highest BCUT2D eigenvalue weighted by atomic mass is 15.3. The van der Waals surface area contributed by atoms with Gasteiger partial charge in [0.25, 0.3) is 0 Å². The molecular formula is C11H17N7. The summed E-state index contributed by atoms with van der Waals surface area (Å²) < 4.78 is 2.00. The summed E-state index contributed by atoms with van der Waals surface area (Å²) >= 11 is 0. The molecule has 4 N–H and O–H groups in total. The van der Waals surface area contributed by atoms with Crippen LogP contribution in [-0.4, -0.2) is 26.1 Å². The monoisotopic (exact) mass is 247 g/mol. The van der Waals surface area contributed by atoms with Crippen LogP contribution in [0.15, 0.2) is 24.8 Å². The number of nitrogens with zero attached hydrogens (tertiary/aromatic N) is 4. The number of aromatic nitrogens is 4. The van der Waals surface area contributed by atoms with Crippen LogP contribution in [0.2, 0.25) is 0 Å². The van der Waals surface area contributed by atoms with Crippen LogP contribution in [0.25, 0.3) is 0 Å². The SMILES string of the molecule is CCc1nc(NN)cc(NCCn2ccnc2)n1. The number of hydrogen-bond donors (Lipinski definition) is 3. The molecule has 0 atom stereocenters. The van der Waals surface area contributed by atoms with E-state index in [1.807, 2.05) is 17.7 Å². The molecule has 0 radical (unpaired) electrons. The lowest BCUT2D eigenvalue weighted by Crippen LogP contribution is -2.14. The fourth-order valence-electron chi connectivity index (χ4n) is 1.55. The maximum absolute atomic E-state index is 5.37. The third kappa shape index (κ3) is 3.17. The number of hydrogen-bond acceptors (Lipinski definition) is 6. The number of aryl methyl sites for hydroxylation is 1. The van der Waals surface area contributed by atoms with E-state index >= 15 is 0 Å². The highest BCUT2D eigenvalue weighted by Crippen LogP contribution is 2.10. The Morgan fingerprint density at radius 3 is 2.83 bits per heavy atom. The smallest absolute Gasteiger partial charge is 0.145 e. The standard InChI is InChI=1S/C11H17N7/c1-2-9-15-10(7-11(16-9)17-12)14-4-6-18-5-3-13-8-18/h3,5,7-8H,2,4,6,12H2,1H3,(H2,14,15,16,17). The molecule has 0 aromatic carbocycles. The molecule has 7 heteroatoms. The van der Waals surface area contributed by atoms with Gasteiger partial charge in [0, 0.05) is 38.0 Å². The summed E-state index contributed by atoms with van der Waals surface area (Å²) in [5.74, 6) is 7.52. The Morgan fingerprint density at radius 1 is 1.33 bits per heavy atom. The molecule has 0 saturated carbocycles. The summed E-state index contributed by atoms with van der Waals surface area (Å²) in [5.41, 5.74) is 2.54. The Labute approximate surface area is 105 Å². The highest BCUT2D eigenvalue weighted by molar-refractivity contribution is 5.46. The van der Waals surface area contributed by atoms with Gasteiger partial charge in [-0.25, -0.2) is 20.8 Å². The Bertz CT molecular complexity index is 458. The van der Waals surface area contributed by atoms with Gasteiger partial charge in [-0.2, -0.15) is 0 Å². The molecule has 0 amide bonds. The third-order valence-electron chi connectivity index (χ3n) is 2.47. The molecule has 2 aromatic heterocycles. The van der Waals surface area contributed by atoms with Crippen molar-refractivity contribution >= 4 is 11.6 Å². The van der Waals surface area contributed by atoms with Crippen molar-refractivity contribution in [2.24, 2.45) is 5.84 Å². The van der Waals surface area contributed by atoms with Crippen molar-refractivity contribution < 1.29 is 0 Å². The number of nitrogens with two attached hydrogens (primary N) is 1. The zero-order chi connectivity index (χ0) is 12.8. The van der Waals surface area contributed by atoms with E-state index in [9.17, 15) is 0 Å². The van der Waals surface area contributed by atoms with Gasteiger partial charge in [0.1, 0.15) is 17.5 Å². The summed E-state index contributed by atoms with van der Waals surface area (Å²) in [7, 11) is 0. The van der Waals surface area contributed by atoms with Crippen molar-refractivity contribution in [2.75, 3.05) is 17.3 Å². The molecule has 2 heterocycles. The summed E-state index contributed by atoms with van der Waals surface area (Å²) in [6.45, 7) is 3.60. The molecule has 0 bridgehead atoms. The average molecular weight is 247 g/mol. The average Bonchev–Trinajstić information content (AvgIpc) is 2.91. The largest absolute Gasteiger partial charge is 0.368 e. The quantitative estimate of drug-likeness (QED) is 0.512. The van der Waals surface area contributed by atoms with Crippen LogP contribution < -0.4 is 16.6 Å². The van der Waals surface area contributed by atoms with Crippen molar-refractivity contribution in [2.45, 2.75) is 19.9 Å². The van der Waals surface area contributed by atoms with Gasteiger partial charge < -0.3 is 15.3 Å². The van der Waals surface area contributed by atoms with Crippen LogP contribution in [-0.2, 0) is 13.0 Å². The fourth-order valence-corrected chi connectivity index (χ4v) is 1.55. The second kappa shape index (κ2) is 5.97. The lowest BCUT2D eigenvalue weighted by molar-refractivity contribution is 0.724.